The molecule has 0 aliphatic heterocycles. The molecule has 4 heteroatoms. The maximum atomic E-state index is 10.4. The molecular weight excluding hydrogens is 290 g/mol. The Kier molecular flexibility index (Phi) is 4.81. The van der Waals surface area contributed by atoms with Crippen molar-refractivity contribution in [2.24, 2.45) is 0 Å². The Morgan fingerprint density at radius 1 is 0.957 bits per heavy atom. The molecule has 23 heavy (non-hydrogen) atoms. The molecule has 1 aromatic heterocycles. The maximum Gasteiger partial charge on any atom is 0.303 e. The van der Waals surface area contributed by atoms with E-state index in [0.29, 0.717) is 6.61 Å². The molecule has 3 aromatic rings. The topological polar surface area (TPSA) is 62.3 Å². The van der Waals surface area contributed by atoms with Gasteiger partial charge in [0.15, 0.2) is 0 Å². The second kappa shape index (κ2) is 7.18. The molecular formula is C19H21NO3. The summed E-state index contributed by atoms with van der Waals surface area (Å²) >= 11 is 0. The molecule has 0 radical (unpaired) electrons. The van der Waals surface area contributed by atoms with Crippen LogP contribution in [0.3, 0.4) is 0 Å². The Balaban J connectivity index is 1.59. The number of fused-ring (bicyclic) bond motifs is 3. The van der Waals surface area contributed by atoms with Crippen LogP contribution in [0, 0.1) is 0 Å². The molecule has 0 aliphatic rings. The zero-order valence-electron chi connectivity index (χ0n) is 13.0. The second-order valence-corrected chi connectivity index (χ2v) is 5.76. The van der Waals surface area contributed by atoms with E-state index in [4.69, 9.17) is 9.84 Å². The van der Waals surface area contributed by atoms with E-state index in [0.717, 1.165) is 42.5 Å². The number of hydrogen-bond donors (Lipinski definition) is 2. The Labute approximate surface area is 135 Å². The number of carboxylic acids is 1. The third-order valence-corrected chi connectivity index (χ3v) is 4.05. The number of aromatic amines is 1. The molecule has 0 atom stereocenters. The van der Waals surface area contributed by atoms with E-state index in [2.05, 4.69) is 23.2 Å². The van der Waals surface area contributed by atoms with E-state index >= 15 is 0 Å². The molecule has 0 saturated heterocycles. The molecule has 1 heterocycles. The van der Waals surface area contributed by atoms with Gasteiger partial charge in [-0.25, -0.2) is 0 Å². The van der Waals surface area contributed by atoms with Crippen molar-refractivity contribution in [2.75, 3.05) is 6.61 Å². The Morgan fingerprint density at radius 3 is 2.61 bits per heavy atom. The largest absolute Gasteiger partial charge is 0.491 e. The molecule has 2 N–H and O–H groups in total. The summed E-state index contributed by atoms with van der Waals surface area (Å²) in [6.07, 6.45) is 3.88. The van der Waals surface area contributed by atoms with E-state index in [9.17, 15) is 4.79 Å². The number of H-pyrrole nitrogens is 1. The Bertz CT molecular complexity index is 807. The normalized spacial score (nSPS) is 11.1. The monoisotopic (exact) mass is 311 g/mol. The summed E-state index contributed by atoms with van der Waals surface area (Å²) in [6, 6.07) is 14.4. The fraction of sp³-hybridized carbons (Fsp3) is 0.316. The van der Waals surface area contributed by atoms with E-state index in [-0.39, 0.29) is 6.42 Å². The molecule has 0 saturated carbocycles. The molecule has 0 spiro atoms. The highest BCUT2D eigenvalue weighted by Gasteiger charge is 2.08. The van der Waals surface area contributed by atoms with Gasteiger partial charge < -0.3 is 14.8 Å². The number of hydrogen-bond acceptors (Lipinski definition) is 2. The quantitative estimate of drug-likeness (QED) is 0.591. The van der Waals surface area contributed by atoms with Crippen molar-refractivity contribution in [1.29, 1.82) is 0 Å². The highest BCUT2D eigenvalue weighted by Crippen LogP contribution is 2.31. The molecule has 120 valence electrons. The lowest BCUT2D eigenvalue weighted by molar-refractivity contribution is -0.137. The van der Waals surface area contributed by atoms with Crippen LogP contribution in [0.15, 0.2) is 42.5 Å². The number of nitrogens with one attached hydrogen (secondary N) is 1. The predicted octanol–water partition coefficient (Wildman–Crippen LogP) is 4.74. The number of ether oxygens (including phenoxy) is 1. The van der Waals surface area contributed by atoms with Gasteiger partial charge in [-0.3, -0.25) is 4.79 Å². The van der Waals surface area contributed by atoms with Gasteiger partial charge in [0.05, 0.1) is 12.1 Å². The number of carbonyl (C=O) groups is 1. The minimum absolute atomic E-state index is 0.259. The van der Waals surface area contributed by atoms with Crippen LogP contribution in [0.4, 0.5) is 0 Å². The van der Waals surface area contributed by atoms with E-state index < -0.39 is 5.97 Å². The molecule has 0 bridgehead atoms. The molecule has 2 aromatic carbocycles. The predicted molar refractivity (Wildman–Crippen MR) is 92.0 cm³/mol. The molecule has 3 rings (SSSR count). The van der Waals surface area contributed by atoms with Gasteiger partial charge in [-0.2, -0.15) is 0 Å². The summed E-state index contributed by atoms with van der Waals surface area (Å²) in [5, 5.41) is 11.0. The fourth-order valence-electron chi connectivity index (χ4n) is 2.88. The summed E-state index contributed by atoms with van der Waals surface area (Å²) in [5.41, 5.74) is 2.16. The third kappa shape index (κ3) is 3.65. The van der Waals surface area contributed by atoms with Gasteiger partial charge in [0.1, 0.15) is 5.75 Å². The molecule has 4 nitrogen and oxygen atoms in total. The molecule has 0 amide bonds. The second-order valence-electron chi connectivity index (χ2n) is 5.76. The average molecular weight is 311 g/mol. The van der Waals surface area contributed by atoms with Gasteiger partial charge in [-0.05, 0) is 25.0 Å². The number of carboxylic acid groups (broad SMARTS) is 1. The zero-order valence-corrected chi connectivity index (χ0v) is 13.0. The number of benzene rings is 2. The first kappa shape index (κ1) is 15.4. The molecule has 0 unspecified atom stereocenters. The smallest absolute Gasteiger partial charge is 0.303 e. The highest BCUT2D eigenvalue weighted by atomic mass is 16.5. The number of rotatable bonds is 8. The third-order valence-electron chi connectivity index (χ3n) is 4.05. The summed E-state index contributed by atoms with van der Waals surface area (Å²) in [4.78, 5) is 13.9. The van der Waals surface area contributed by atoms with Crippen LogP contribution in [0.2, 0.25) is 0 Å². The van der Waals surface area contributed by atoms with Crippen LogP contribution < -0.4 is 4.74 Å². The Hall–Kier alpha value is -2.49. The first-order chi connectivity index (χ1) is 11.3. The van der Waals surface area contributed by atoms with Crippen molar-refractivity contribution >= 4 is 27.8 Å². The van der Waals surface area contributed by atoms with Crippen molar-refractivity contribution in [3.8, 4) is 5.75 Å². The van der Waals surface area contributed by atoms with Crippen LogP contribution in [-0.2, 0) is 4.79 Å². The Morgan fingerprint density at radius 2 is 1.74 bits per heavy atom. The van der Waals surface area contributed by atoms with Crippen LogP contribution >= 0.6 is 0 Å². The first-order valence-electron chi connectivity index (χ1n) is 8.10. The van der Waals surface area contributed by atoms with Gasteiger partial charge in [0.25, 0.3) is 0 Å². The summed E-state index contributed by atoms with van der Waals surface area (Å²) in [7, 11) is 0. The fourth-order valence-corrected chi connectivity index (χ4v) is 2.88. The standard InChI is InChI=1S/C19H21NO3/c21-18(22)12-3-1-2-6-13-23-17-11-7-9-15-14-8-4-5-10-16(14)20-19(15)17/h4-5,7-11,20H,1-3,6,12-13H2,(H,21,22). The number of aromatic nitrogens is 1. The lowest BCUT2D eigenvalue weighted by Crippen LogP contribution is -1.98. The van der Waals surface area contributed by atoms with E-state index in [1.165, 1.54) is 10.8 Å². The van der Waals surface area contributed by atoms with E-state index in [1.807, 2.05) is 24.3 Å². The van der Waals surface area contributed by atoms with Gasteiger partial charge >= 0.3 is 5.97 Å². The number of para-hydroxylation sites is 2. The molecule has 0 fully saturated rings. The van der Waals surface area contributed by atoms with Gasteiger partial charge in [-0.15, -0.1) is 0 Å². The van der Waals surface area contributed by atoms with Crippen LogP contribution in [0.1, 0.15) is 32.1 Å². The van der Waals surface area contributed by atoms with Crippen LogP contribution in [-0.4, -0.2) is 22.7 Å². The minimum Gasteiger partial charge on any atom is -0.491 e. The minimum atomic E-state index is -0.716. The summed E-state index contributed by atoms with van der Waals surface area (Å²) < 4.78 is 5.93. The lowest BCUT2D eigenvalue weighted by Gasteiger charge is -2.07. The zero-order chi connectivity index (χ0) is 16.1. The van der Waals surface area contributed by atoms with Gasteiger partial charge in [0, 0.05) is 22.7 Å². The average Bonchev–Trinajstić information content (AvgIpc) is 2.93. The van der Waals surface area contributed by atoms with Crippen molar-refractivity contribution in [2.45, 2.75) is 32.1 Å². The highest BCUT2D eigenvalue weighted by molar-refractivity contribution is 6.09. The number of unbranched alkanes of at least 4 members (excludes halogenated alkanes) is 3. The first-order valence-corrected chi connectivity index (χ1v) is 8.10. The van der Waals surface area contributed by atoms with Gasteiger partial charge in [0.2, 0.25) is 0 Å². The SMILES string of the molecule is O=C(O)CCCCCCOc1cccc2c1[nH]c1ccccc12. The summed E-state index contributed by atoms with van der Waals surface area (Å²) in [6.45, 7) is 0.654. The maximum absolute atomic E-state index is 10.4. The van der Waals surface area contributed by atoms with Crippen LogP contribution in [0.5, 0.6) is 5.75 Å². The lowest BCUT2D eigenvalue weighted by atomic mass is 10.1. The van der Waals surface area contributed by atoms with Crippen molar-refractivity contribution < 1.29 is 14.6 Å². The van der Waals surface area contributed by atoms with Crippen molar-refractivity contribution in [3.05, 3.63) is 42.5 Å². The molecule has 0 aliphatic carbocycles. The van der Waals surface area contributed by atoms with Crippen LogP contribution in [0.25, 0.3) is 21.8 Å². The number of aliphatic carboxylic acids is 1. The van der Waals surface area contributed by atoms with E-state index in [1.54, 1.807) is 0 Å². The van der Waals surface area contributed by atoms with Crippen molar-refractivity contribution in [3.63, 3.8) is 0 Å². The summed E-state index contributed by atoms with van der Waals surface area (Å²) in [5.74, 6) is 0.163. The van der Waals surface area contributed by atoms with Gasteiger partial charge in [-0.1, -0.05) is 43.2 Å². The van der Waals surface area contributed by atoms with Crippen molar-refractivity contribution in [1.82, 2.24) is 4.98 Å².